The Morgan fingerprint density at radius 3 is 1.83 bits per heavy atom. The summed E-state index contributed by atoms with van der Waals surface area (Å²) in [4.78, 5) is 23.5. The van der Waals surface area contributed by atoms with E-state index >= 15 is 0 Å². The number of aliphatic hydroxyl groups is 1. The van der Waals surface area contributed by atoms with Gasteiger partial charge in [0.25, 0.3) is 0 Å². The zero-order chi connectivity index (χ0) is 18.5. The molecule has 1 N–H and O–H groups in total. The number of ether oxygens (including phenoxy) is 2. The van der Waals surface area contributed by atoms with Gasteiger partial charge in [0.2, 0.25) is 0 Å². The van der Waals surface area contributed by atoms with Gasteiger partial charge in [-0.15, -0.1) is 0 Å². The largest absolute Gasteiger partial charge is 0.462 e. The van der Waals surface area contributed by atoms with E-state index in [-0.39, 0.29) is 25.0 Å². The maximum Gasteiger partial charge on any atom is 0.308 e. The second kappa shape index (κ2) is 8.29. The van der Waals surface area contributed by atoms with Crippen molar-refractivity contribution in [3.63, 3.8) is 0 Å². The van der Waals surface area contributed by atoms with Gasteiger partial charge in [0, 0.05) is 0 Å². The molecule has 0 fully saturated rings. The summed E-state index contributed by atoms with van der Waals surface area (Å²) in [6, 6.07) is 5.56. The summed E-state index contributed by atoms with van der Waals surface area (Å²) < 4.78 is 10.4. The van der Waals surface area contributed by atoms with E-state index in [1.54, 1.807) is 33.8 Å². The van der Waals surface area contributed by atoms with Crippen LogP contribution in [0, 0.1) is 25.7 Å². The minimum atomic E-state index is -1.58. The molecule has 5 heteroatoms. The fourth-order valence-electron chi connectivity index (χ4n) is 2.25. The second-order valence-electron chi connectivity index (χ2n) is 6.87. The molecule has 5 nitrogen and oxygen atoms in total. The first kappa shape index (κ1) is 20.2. The molecule has 0 atom stereocenters. The van der Waals surface area contributed by atoms with Crippen LogP contribution >= 0.6 is 0 Å². The van der Waals surface area contributed by atoms with Crippen LogP contribution in [0.15, 0.2) is 18.2 Å². The molecule has 1 aromatic rings. The van der Waals surface area contributed by atoms with Crippen molar-refractivity contribution in [3.8, 4) is 0 Å². The Labute approximate surface area is 144 Å². The first-order valence-corrected chi connectivity index (χ1v) is 8.20. The van der Waals surface area contributed by atoms with Crippen LogP contribution in [0.3, 0.4) is 0 Å². The van der Waals surface area contributed by atoms with E-state index in [9.17, 15) is 14.7 Å². The van der Waals surface area contributed by atoms with Gasteiger partial charge < -0.3 is 14.6 Å². The fraction of sp³-hybridized carbons (Fsp3) is 0.579. The zero-order valence-corrected chi connectivity index (χ0v) is 15.4. The smallest absolute Gasteiger partial charge is 0.308 e. The maximum atomic E-state index is 11.8. The van der Waals surface area contributed by atoms with Crippen LogP contribution in [0.1, 0.15) is 44.4 Å². The van der Waals surface area contributed by atoms with Crippen LogP contribution in [0.5, 0.6) is 0 Å². The van der Waals surface area contributed by atoms with Gasteiger partial charge in [0.15, 0.2) is 5.60 Å². The molecule has 0 radical (unpaired) electrons. The Hall–Kier alpha value is -1.88. The second-order valence-corrected chi connectivity index (χ2v) is 6.87. The highest BCUT2D eigenvalue weighted by Crippen LogP contribution is 2.27. The van der Waals surface area contributed by atoms with Crippen molar-refractivity contribution in [1.29, 1.82) is 0 Å². The molecule has 0 saturated heterocycles. The third kappa shape index (κ3) is 5.34. The lowest BCUT2D eigenvalue weighted by Crippen LogP contribution is -2.40. The molecule has 1 aromatic carbocycles. The molecule has 0 bridgehead atoms. The molecule has 0 saturated carbocycles. The highest BCUT2D eigenvalue weighted by Gasteiger charge is 2.35. The van der Waals surface area contributed by atoms with E-state index in [1.165, 1.54) is 0 Å². The molecule has 1 rings (SSSR count). The number of aryl methyl sites for hydroxylation is 2. The van der Waals surface area contributed by atoms with Crippen LogP contribution in [-0.4, -0.2) is 30.3 Å². The van der Waals surface area contributed by atoms with Crippen molar-refractivity contribution >= 4 is 11.9 Å². The number of hydrogen-bond donors (Lipinski definition) is 1. The van der Waals surface area contributed by atoms with E-state index in [0.717, 1.165) is 11.1 Å². The lowest BCUT2D eigenvalue weighted by Gasteiger charge is -2.30. The van der Waals surface area contributed by atoms with Gasteiger partial charge in [0.05, 0.1) is 11.8 Å². The van der Waals surface area contributed by atoms with E-state index in [2.05, 4.69) is 0 Å². The first-order valence-electron chi connectivity index (χ1n) is 8.20. The highest BCUT2D eigenvalue weighted by atomic mass is 16.6. The van der Waals surface area contributed by atoms with Crippen molar-refractivity contribution in [2.24, 2.45) is 11.8 Å². The van der Waals surface area contributed by atoms with Gasteiger partial charge >= 0.3 is 11.9 Å². The first-order chi connectivity index (χ1) is 11.1. The average molecular weight is 336 g/mol. The molecule has 0 aliphatic heterocycles. The average Bonchev–Trinajstić information content (AvgIpc) is 2.49. The third-order valence-electron chi connectivity index (χ3n) is 3.73. The van der Waals surface area contributed by atoms with Gasteiger partial charge in [-0.25, -0.2) is 0 Å². The molecule has 134 valence electrons. The normalized spacial score (nSPS) is 11.7. The molecular formula is C19H28O5. The molecule has 0 aromatic heterocycles. The Balaban J connectivity index is 3.05. The van der Waals surface area contributed by atoms with Gasteiger partial charge in [-0.1, -0.05) is 51.5 Å². The number of hydrogen-bond acceptors (Lipinski definition) is 5. The summed E-state index contributed by atoms with van der Waals surface area (Å²) in [5.74, 6) is -1.42. The zero-order valence-electron chi connectivity index (χ0n) is 15.4. The summed E-state index contributed by atoms with van der Waals surface area (Å²) >= 11 is 0. The van der Waals surface area contributed by atoms with Crippen molar-refractivity contribution in [3.05, 3.63) is 34.9 Å². The highest BCUT2D eigenvalue weighted by molar-refractivity contribution is 5.72. The fourth-order valence-corrected chi connectivity index (χ4v) is 2.25. The Bertz CT molecular complexity index is 565. The molecule has 24 heavy (non-hydrogen) atoms. The van der Waals surface area contributed by atoms with E-state index in [4.69, 9.17) is 9.47 Å². The molecular weight excluding hydrogens is 308 g/mol. The van der Waals surface area contributed by atoms with Crippen molar-refractivity contribution in [2.75, 3.05) is 13.2 Å². The van der Waals surface area contributed by atoms with Crippen molar-refractivity contribution in [2.45, 2.75) is 47.1 Å². The van der Waals surface area contributed by atoms with Crippen LogP contribution in [0.2, 0.25) is 0 Å². The number of rotatable bonds is 7. The Morgan fingerprint density at radius 1 is 1.00 bits per heavy atom. The molecule has 0 unspecified atom stereocenters. The van der Waals surface area contributed by atoms with Crippen LogP contribution < -0.4 is 0 Å². The van der Waals surface area contributed by atoms with Crippen LogP contribution in [-0.2, 0) is 24.7 Å². The Kier molecular flexibility index (Phi) is 6.96. The van der Waals surface area contributed by atoms with Crippen molar-refractivity contribution < 1.29 is 24.2 Å². The topological polar surface area (TPSA) is 72.8 Å². The summed E-state index contributed by atoms with van der Waals surface area (Å²) in [6.07, 6.45) is 0. The summed E-state index contributed by atoms with van der Waals surface area (Å²) in [6.45, 7) is 10.2. The quantitative estimate of drug-likeness (QED) is 0.775. The molecule has 0 heterocycles. The van der Waals surface area contributed by atoms with Gasteiger partial charge in [-0.3, -0.25) is 9.59 Å². The predicted octanol–water partition coefficient (Wildman–Crippen LogP) is 2.89. The number of carbonyl (C=O) groups is 2. The number of carbonyl (C=O) groups excluding carboxylic acids is 2. The third-order valence-corrected chi connectivity index (χ3v) is 3.73. The number of esters is 2. The minimum Gasteiger partial charge on any atom is -0.462 e. The van der Waals surface area contributed by atoms with E-state index in [0.29, 0.717) is 5.56 Å². The van der Waals surface area contributed by atoms with Gasteiger partial charge in [-0.05, 0) is 25.0 Å². The summed E-state index contributed by atoms with van der Waals surface area (Å²) in [5, 5.41) is 11.1. The van der Waals surface area contributed by atoms with Crippen LogP contribution in [0.4, 0.5) is 0 Å². The minimum absolute atomic E-state index is 0.265. The van der Waals surface area contributed by atoms with E-state index in [1.807, 2.05) is 26.0 Å². The predicted molar refractivity (Wildman–Crippen MR) is 91.4 cm³/mol. The van der Waals surface area contributed by atoms with Gasteiger partial charge in [-0.2, -0.15) is 0 Å². The maximum absolute atomic E-state index is 11.8. The monoisotopic (exact) mass is 336 g/mol. The van der Waals surface area contributed by atoms with E-state index < -0.39 is 17.5 Å². The molecule has 0 amide bonds. The standard InChI is InChI=1S/C19H28O5/c1-12(2)17(20)23-10-19(22,11-24-18(21)13(3)4)16-8-7-14(5)9-15(16)6/h7-9,12-13,22H,10-11H2,1-6H3. The molecule has 0 aliphatic rings. The van der Waals surface area contributed by atoms with Gasteiger partial charge in [0.1, 0.15) is 13.2 Å². The Morgan fingerprint density at radius 2 is 1.46 bits per heavy atom. The molecule has 0 spiro atoms. The summed E-state index contributed by atoms with van der Waals surface area (Å²) in [5.41, 5.74) is 0.907. The number of benzene rings is 1. The van der Waals surface area contributed by atoms with Crippen LogP contribution in [0.25, 0.3) is 0 Å². The van der Waals surface area contributed by atoms with Crippen molar-refractivity contribution in [1.82, 2.24) is 0 Å². The lowest BCUT2D eigenvalue weighted by molar-refractivity contribution is -0.168. The summed E-state index contributed by atoms with van der Waals surface area (Å²) in [7, 11) is 0. The lowest BCUT2D eigenvalue weighted by atomic mass is 9.90. The molecule has 0 aliphatic carbocycles. The SMILES string of the molecule is Cc1ccc(C(O)(COC(=O)C(C)C)COC(=O)C(C)C)c(C)c1.